The minimum absolute atomic E-state index is 0.0155. The second kappa shape index (κ2) is 27.2. The lowest BCUT2D eigenvalue weighted by molar-refractivity contribution is -0.275. The van der Waals surface area contributed by atoms with Gasteiger partial charge in [-0.3, -0.25) is 0 Å². The summed E-state index contributed by atoms with van der Waals surface area (Å²) >= 11 is 2.96. The number of amidine groups is 4. The molecule has 3 atom stereocenters. The summed E-state index contributed by atoms with van der Waals surface area (Å²) < 4.78 is 117. The van der Waals surface area contributed by atoms with Gasteiger partial charge >= 0.3 is 19.3 Å². The van der Waals surface area contributed by atoms with Crippen LogP contribution in [0.1, 0.15) is 80.3 Å². The molecule has 2 aliphatic rings. The van der Waals surface area contributed by atoms with Crippen molar-refractivity contribution in [2.45, 2.75) is 83.8 Å². The number of aliphatic imine (C=N–C) groups is 4. The van der Waals surface area contributed by atoms with Crippen molar-refractivity contribution >= 4 is 93.4 Å². The van der Waals surface area contributed by atoms with Crippen molar-refractivity contribution in [1.82, 2.24) is 0 Å². The van der Waals surface area contributed by atoms with E-state index in [1.807, 2.05) is 36.1 Å². The van der Waals surface area contributed by atoms with Crippen LogP contribution < -0.4 is 35.5 Å². The van der Waals surface area contributed by atoms with E-state index in [0.717, 1.165) is 53.1 Å². The van der Waals surface area contributed by atoms with Crippen LogP contribution in [-0.4, -0.2) is 90.0 Å². The molecule has 6 aromatic carbocycles. The van der Waals surface area contributed by atoms with Gasteiger partial charge in [-0.05, 0) is 115 Å². The van der Waals surface area contributed by atoms with Gasteiger partial charge in [0.25, 0.3) is 0 Å². The fourth-order valence-corrected chi connectivity index (χ4v) is 11.3. The summed E-state index contributed by atoms with van der Waals surface area (Å²) in [5.41, 5.74) is 18.7. The molecule has 25 heteroatoms. The molecule has 0 radical (unpaired) electrons. The van der Waals surface area contributed by atoms with Crippen molar-refractivity contribution < 1.29 is 49.3 Å². The van der Waals surface area contributed by atoms with Crippen molar-refractivity contribution in [2.24, 2.45) is 51.8 Å². The monoisotopic (exact) mass is 1200 g/mol. The largest absolute Gasteiger partial charge is 0.573 e. The highest BCUT2D eigenvalue weighted by Gasteiger charge is 2.38. The maximum atomic E-state index is 14.2. The van der Waals surface area contributed by atoms with Gasteiger partial charge in [-0.15, -0.1) is 36.5 Å². The number of hydrogen-bond acceptors (Lipinski definition) is 11. The van der Waals surface area contributed by atoms with Crippen molar-refractivity contribution in [2.75, 3.05) is 21.3 Å². The number of rotatable bonds is 17. The number of halogens is 8. The van der Waals surface area contributed by atoms with E-state index in [4.69, 9.17) is 21.3 Å². The number of para-hydroxylation sites is 1. The summed E-state index contributed by atoms with van der Waals surface area (Å²) in [6.45, 7) is 7.43. The molecule has 4 N–H and O–H groups in total. The maximum Gasteiger partial charge on any atom is 0.573 e. The van der Waals surface area contributed by atoms with Crippen LogP contribution in [0.2, 0.25) is 0 Å². The molecule has 0 saturated carbocycles. The average molecular weight is 1200 g/mol. The van der Waals surface area contributed by atoms with E-state index in [1.54, 1.807) is 67.0 Å². The summed E-state index contributed by atoms with van der Waals surface area (Å²) in [5, 5.41) is 19.5. The highest BCUT2D eigenvalue weighted by Crippen LogP contribution is 2.45. The van der Waals surface area contributed by atoms with E-state index in [-0.39, 0.29) is 52.3 Å². The fraction of sp³-hybridized carbons (Fsp3) is 0.254. The average Bonchev–Trinajstić information content (AvgIpc) is 1.03. The Morgan fingerprint density at radius 3 is 1.61 bits per heavy atom. The number of hydrogen-bond donors (Lipinski definition) is 2. The van der Waals surface area contributed by atoms with Gasteiger partial charge in [-0.25, -0.2) is 20.0 Å². The third-order valence-electron chi connectivity index (χ3n) is 12.9. The highest BCUT2D eigenvalue weighted by molar-refractivity contribution is 8.14. The smallest absolute Gasteiger partial charge is 0.433 e. The number of nitrogens with zero attached hydrogens (tertiary/aromatic N) is 10. The molecule has 15 nitrogen and oxygen atoms in total. The van der Waals surface area contributed by atoms with Crippen LogP contribution in [0.3, 0.4) is 0 Å². The van der Waals surface area contributed by atoms with Crippen molar-refractivity contribution in [3.63, 3.8) is 0 Å². The predicted octanol–water partition coefficient (Wildman–Crippen LogP) is 14.4. The minimum atomic E-state index is -4.81. The van der Waals surface area contributed by atoms with Crippen LogP contribution in [0.4, 0.5) is 57.9 Å². The molecule has 6 aromatic rings. The van der Waals surface area contributed by atoms with E-state index in [9.17, 15) is 35.1 Å². The number of benzene rings is 6. The molecule has 3 unspecified atom stereocenters. The van der Waals surface area contributed by atoms with E-state index < -0.39 is 19.3 Å². The standard InChI is InChI=1S/C59H56F8N12O3S2/c1-36-28-29-83-55(76-74-31-38-10-14-40(15-11-38)52(68)72-34-70-43-19-23-45(24-20-43)81-58(62,63)64)78(36)50-30-42(18-27-51(50)80-54(60)61)47-33-84-56(79(37(47)2)49-9-7-6-8-48(49)57(3,4)5)77-75-32-39-12-16-41(17-13-39)53(69)73-35-71-44-21-25-46(26-22-44)82-59(65,66)67/h6-27,30-32,34-37,47,54H,28-29,33H2,1-5H3,(H2,68,70,72)(H2,69,71,73)/b74-31-,75-32-,76-55+,77-56+. The van der Waals surface area contributed by atoms with Gasteiger partial charge in [-0.1, -0.05) is 117 Å². The number of thioether (sulfide) groups is 2. The van der Waals surface area contributed by atoms with Gasteiger partial charge in [0, 0.05) is 46.3 Å². The molecule has 2 aliphatic heterocycles. The number of ether oxygens (including phenoxy) is 3. The van der Waals surface area contributed by atoms with Gasteiger partial charge in [0.15, 0.2) is 10.3 Å². The second-order valence-corrected chi connectivity index (χ2v) is 21.9. The summed E-state index contributed by atoms with van der Waals surface area (Å²) in [6, 6.07) is 37.1. The molecule has 0 aliphatic carbocycles. The molecule has 2 fully saturated rings. The SMILES string of the molecule is CC1CCS/C(=N/N=C\c2ccc(C(N)=NC=Nc3ccc(OC(F)(F)F)cc3)cc2)N1c1cc(C2CS/C(=N/N=C\c3ccc(C(N)=NC=Nc4ccc(OC(F)(F)F)cc4)cc3)N(c3ccccc3C(C)(C)C)C2C)ccc1OC(F)F. The van der Waals surface area contributed by atoms with Crippen molar-refractivity contribution in [1.29, 1.82) is 0 Å². The lowest BCUT2D eigenvalue weighted by atomic mass is 9.84. The summed E-state index contributed by atoms with van der Waals surface area (Å²) in [4.78, 5) is 20.6. The lowest BCUT2D eigenvalue weighted by Crippen LogP contribution is -2.47. The molecular formula is C59H56F8N12O3S2. The first kappa shape index (κ1) is 61.5. The first-order valence-electron chi connectivity index (χ1n) is 25.9. The first-order valence-corrected chi connectivity index (χ1v) is 27.8. The van der Waals surface area contributed by atoms with Gasteiger partial charge < -0.3 is 35.5 Å². The normalized spacial score (nSPS) is 18.8. The Hall–Kier alpha value is -8.58. The van der Waals surface area contributed by atoms with E-state index in [1.165, 1.54) is 60.5 Å². The van der Waals surface area contributed by atoms with Crippen LogP contribution in [-0.2, 0) is 5.41 Å². The lowest BCUT2D eigenvalue weighted by Gasteiger charge is -2.43. The summed E-state index contributed by atoms with van der Waals surface area (Å²) in [7, 11) is 0. The second-order valence-electron chi connectivity index (χ2n) is 19.9. The van der Waals surface area contributed by atoms with Crippen LogP contribution in [0.25, 0.3) is 0 Å². The molecule has 0 spiro atoms. The van der Waals surface area contributed by atoms with E-state index in [2.05, 4.69) is 89.5 Å². The number of alkyl halides is 8. The van der Waals surface area contributed by atoms with Crippen molar-refractivity contribution in [3.05, 3.63) is 173 Å². The zero-order valence-corrected chi connectivity index (χ0v) is 47.3. The minimum Gasteiger partial charge on any atom is -0.433 e. The Kier molecular flexibility index (Phi) is 19.9. The van der Waals surface area contributed by atoms with Crippen LogP contribution in [0.15, 0.2) is 180 Å². The molecule has 0 amide bonds. The van der Waals surface area contributed by atoms with Crippen molar-refractivity contribution in [3.8, 4) is 17.2 Å². The zero-order chi connectivity index (χ0) is 60.2. The van der Waals surface area contributed by atoms with Crippen LogP contribution in [0, 0.1) is 0 Å². The topological polar surface area (TPSA) is 185 Å². The summed E-state index contributed by atoms with van der Waals surface area (Å²) in [6.07, 6.45) is -3.33. The van der Waals surface area contributed by atoms with Crippen LogP contribution >= 0.6 is 23.5 Å². The molecule has 2 saturated heterocycles. The maximum absolute atomic E-state index is 14.2. The molecule has 0 aromatic heterocycles. The molecule has 84 heavy (non-hydrogen) atoms. The Balaban J connectivity index is 1.00. The third kappa shape index (κ3) is 17.0. The van der Waals surface area contributed by atoms with E-state index in [0.29, 0.717) is 55.6 Å². The Morgan fingerprint density at radius 2 is 1.12 bits per heavy atom. The molecule has 8 rings (SSSR count). The fourth-order valence-electron chi connectivity index (χ4n) is 8.80. The molecule has 0 bridgehead atoms. The van der Waals surface area contributed by atoms with Crippen LogP contribution in [0.5, 0.6) is 17.2 Å². The Labute approximate surface area is 487 Å². The molecule has 2 heterocycles. The Morgan fingerprint density at radius 1 is 0.619 bits per heavy atom. The van der Waals surface area contributed by atoms with Gasteiger partial charge in [0.1, 0.15) is 41.6 Å². The van der Waals surface area contributed by atoms with Gasteiger partial charge in [-0.2, -0.15) is 19.0 Å². The van der Waals surface area contributed by atoms with Gasteiger partial charge in [0.05, 0.1) is 29.5 Å². The molecular weight excluding hydrogens is 1140 g/mol. The Bertz CT molecular complexity index is 3480. The van der Waals surface area contributed by atoms with E-state index >= 15 is 0 Å². The van der Waals surface area contributed by atoms with Gasteiger partial charge in [0.2, 0.25) is 0 Å². The number of anilines is 2. The first-order chi connectivity index (χ1) is 40.0. The number of nitrogens with two attached hydrogens (primary N) is 2. The predicted molar refractivity (Wildman–Crippen MR) is 321 cm³/mol. The molecule has 438 valence electrons. The summed E-state index contributed by atoms with van der Waals surface area (Å²) in [5.74, 6) is 0.636. The third-order valence-corrected chi connectivity index (χ3v) is 15.0. The zero-order valence-electron chi connectivity index (χ0n) is 45.7. The quantitative estimate of drug-likeness (QED) is 0.0388. The highest BCUT2D eigenvalue weighted by atomic mass is 32.2.